The number of amides is 2. The summed E-state index contributed by atoms with van der Waals surface area (Å²) < 4.78 is 5.49. The van der Waals surface area contributed by atoms with Crippen molar-refractivity contribution >= 4 is 52.5 Å². The van der Waals surface area contributed by atoms with Crippen LogP contribution in [0.5, 0.6) is 0 Å². The van der Waals surface area contributed by atoms with Crippen molar-refractivity contribution in [2.24, 2.45) is 0 Å². The van der Waals surface area contributed by atoms with E-state index in [1.807, 2.05) is 92.5 Å². The molecule has 1 aliphatic heterocycles. The normalized spacial score (nSPS) is 16.4. The molecule has 55 heavy (non-hydrogen) atoms. The molecule has 3 atom stereocenters. The van der Waals surface area contributed by atoms with E-state index in [4.69, 9.17) is 4.74 Å². The molecule has 8 nitrogen and oxygen atoms in total. The number of likely N-dealkylation sites (tertiary alicyclic amines) is 1. The molecule has 1 aromatic heterocycles. The fourth-order valence-electron chi connectivity index (χ4n) is 7.11. The number of carbonyl (C=O) groups is 2. The summed E-state index contributed by atoms with van der Waals surface area (Å²) in [5.41, 5.74) is 4.83. The third-order valence-corrected chi connectivity index (χ3v) is 12.9. The molecular formula is C44H50N4O4S3. The first-order valence-electron chi connectivity index (χ1n) is 18.6. The summed E-state index contributed by atoms with van der Waals surface area (Å²) in [5.74, 6) is 0.568. The third-order valence-electron chi connectivity index (χ3n) is 9.74. The summed E-state index contributed by atoms with van der Waals surface area (Å²) in [6.45, 7) is 6.01. The van der Waals surface area contributed by atoms with Crippen LogP contribution in [0.1, 0.15) is 60.7 Å². The van der Waals surface area contributed by atoms with Crippen LogP contribution in [0.2, 0.25) is 0 Å². The number of carbonyl (C=O) groups excluding carboxylic acids is 2. The highest BCUT2D eigenvalue weighted by Gasteiger charge is 2.46. The SMILES string of the molecule is CSCC[C@@H](CO)NC(=O)c1ccc(N(C)C2CC(SC(c3ccccc3)(c3ccccc3)c3ccccc3)CN2C(=O)OC(C)(C)C)cc1-c1nccs1. The van der Waals surface area contributed by atoms with Gasteiger partial charge in [-0.05, 0) is 74.1 Å². The number of benzene rings is 4. The Hall–Kier alpha value is -4.29. The molecule has 2 unspecified atom stereocenters. The van der Waals surface area contributed by atoms with Crippen molar-refractivity contribution in [1.29, 1.82) is 0 Å². The quantitative estimate of drug-likeness (QED) is 0.108. The molecule has 288 valence electrons. The predicted molar refractivity (Wildman–Crippen MR) is 229 cm³/mol. The fourth-order valence-corrected chi connectivity index (χ4v) is 10.1. The first-order valence-corrected chi connectivity index (χ1v) is 21.7. The van der Waals surface area contributed by atoms with Gasteiger partial charge in [0, 0.05) is 53.7 Å². The molecule has 0 aliphatic carbocycles. The maximum atomic E-state index is 14.1. The van der Waals surface area contributed by atoms with Gasteiger partial charge in [0.15, 0.2) is 0 Å². The van der Waals surface area contributed by atoms with Crippen molar-refractivity contribution in [3.63, 3.8) is 0 Å². The molecular weight excluding hydrogens is 745 g/mol. The number of nitrogens with zero attached hydrogens (tertiary/aromatic N) is 3. The van der Waals surface area contributed by atoms with Crippen LogP contribution in [0.3, 0.4) is 0 Å². The molecule has 0 radical (unpaired) electrons. The van der Waals surface area contributed by atoms with Gasteiger partial charge in [-0.15, -0.1) is 23.1 Å². The minimum absolute atomic E-state index is 0.0146. The Balaban J connectivity index is 1.38. The van der Waals surface area contributed by atoms with E-state index in [1.165, 1.54) is 11.3 Å². The average Bonchev–Trinajstić information content (AvgIpc) is 3.90. The van der Waals surface area contributed by atoms with Crippen LogP contribution in [-0.4, -0.2) is 82.3 Å². The van der Waals surface area contributed by atoms with Crippen molar-refractivity contribution in [3.8, 4) is 10.6 Å². The molecule has 2 heterocycles. The number of aliphatic hydroxyl groups is 1. The highest BCUT2D eigenvalue weighted by atomic mass is 32.2. The lowest BCUT2D eigenvalue weighted by Gasteiger charge is -2.37. The van der Waals surface area contributed by atoms with Crippen LogP contribution in [0.15, 0.2) is 121 Å². The number of nitrogens with one attached hydrogen (secondary N) is 1. The summed E-state index contributed by atoms with van der Waals surface area (Å²) in [5, 5.41) is 15.6. The molecule has 2 amide bonds. The second-order valence-corrected chi connectivity index (χ2v) is 18.1. The number of hydrogen-bond donors (Lipinski definition) is 2. The van der Waals surface area contributed by atoms with Crippen molar-refractivity contribution in [1.82, 2.24) is 15.2 Å². The second kappa shape index (κ2) is 18.1. The molecule has 1 fully saturated rings. The molecule has 0 saturated carbocycles. The first-order chi connectivity index (χ1) is 26.5. The summed E-state index contributed by atoms with van der Waals surface area (Å²) in [4.78, 5) is 36.4. The third kappa shape index (κ3) is 9.40. The van der Waals surface area contributed by atoms with Gasteiger partial charge in [-0.2, -0.15) is 11.8 Å². The smallest absolute Gasteiger partial charge is 0.411 e. The molecule has 4 aromatic carbocycles. The van der Waals surface area contributed by atoms with Crippen LogP contribution >= 0.6 is 34.9 Å². The van der Waals surface area contributed by atoms with Crippen molar-refractivity contribution in [3.05, 3.63) is 143 Å². The number of thioether (sulfide) groups is 2. The van der Waals surface area contributed by atoms with E-state index in [9.17, 15) is 14.7 Å². The maximum Gasteiger partial charge on any atom is 0.411 e. The maximum absolute atomic E-state index is 14.1. The standard InChI is InChI=1S/C44H50N4O4S3/c1-43(2,3)52-42(51)48-29-36(55-44(31-15-9-6-10-16-31,32-17-11-7-12-18-32)33-19-13-8-14-20-33)28-39(48)47(4)35-21-22-37(38(27-35)41-45-24-26-54-41)40(50)46-34(30-49)23-25-53-5/h6-22,24,26-27,34,36,39,49H,23,25,28-30H2,1-5H3,(H,46,50)/t34-,36?,39?/m0/s1. The van der Waals surface area contributed by atoms with Gasteiger partial charge >= 0.3 is 6.09 Å². The largest absolute Gasteiger partial charge is 0.444 e. The van der Waals surface area contributed by atoms with Gasteiger partial charge < -0.3 is 20.1 Å². The molecule has 0 spiro atoms. The lowest BCUT2D eigenvalue weighted by Crippen LogP contribution is -2.47. The lowest BCUT2D eigenvalue weighted by atomic mass is 9.84. The zero-order valence-electron chi connectivity index (χ0n) is 32.1. The van der Waals surface area contributed by atoms with Crippen molar-refractivity contribution in [2.45, 2.75) is 61.4 Å². The monoisotopic (exact) mass is 794 g/mol. The molecule has 1 saturated heterocycles. The van der Waals surface area contributed by atoms with Crippen molar-refractivity contribution in [2.75, 3.05) is 37.1 Å². The number of anilines is 1. The zero-order chi connectivity index (χ0) is 39.0. The Morgan fingerprint density at radius 3 is 2.07 bits per heavy atom. The Labute approximate surface area is 337 Å². The van der Waals surface area contributed by atoms with E-state index in [-0.39, 0.29) is 36.1 Å². The van der Waals surface area contributed by atoms with Gasteiger partial charge in [0.2, 0.25) is 0 Å². The first kappa shape index (κ1) is 40.4. The van der Waals surface area contributed by atoms with Crippen LogP contribution in [-0.2, 0) is 9.48 Å². The summed E-state index contributed by atoms with van der Waals surface area (Å²) >= 11 is 5.01. The van der Waals surface area contributed by atoms with Gasteiger partial charge in [0.05, 0.1) is 17.4 Å². The van der Waals surface area contributed by atoms with E-state index in [0.717, 1.165) is 28.1 Å². The minimum Gasteiger partial charge on any atom is -0.444 e. The van der Waals surface area contributed by atoms with Crippen molar-refractivity contribution < 1.29 is 19.4 Å². The molecule has 5 aromatic rings. The number of thiazole rings is 1. The zero-order valence-corrected chi connectivity index (χ0v) is 34.5. The second-order valence-electron chi connectivity index (χ2n) is 14.7. The lowest BCUT2D eigenvalue weighted by molar-refractivity contribution is 0.0227. The Morgan fingerprint density at radius 1 is 0.964 bits per heavy atom. The number of hydrogen-bond acceptors (Lipinski definition) is 9. The molecule has 0 bridgehead atoms. The van der Waals surface area contributed by atoms with Gasteiger partial charge in [0.1, 0.15) is 16.8 Å². The van der Waals surface area contributed by atoms with E-state index in [2.05, 4.69) is 88.0 Å². The summed E-state index contributed by atoms with van der Waals surface area (Å²) in [6.07, 6.45) is 4.35. The molecule has 6 rings (SSSR count). The Morgan fingerprint density at radius 2 is 1.56 bits per heavy atom. The van der Waals surface area contributed by atoms with Gasteiger partial charge in [0.25, 0.3) is 5.91 Å². The Kier molecular flexibility index (Phi) is 13.3. The summed E-state index contributed by atoms with van der Waals surface area (Å²) in [6, 6.07) is 37.2. The van der Waals surface area contributed by atoms with E-state index < -0.39 is 10.3 Å². The molecule has 1 aliphatic rings. The number of ether oxygens (including phenoxy) is 1. The highest BCUT2D eigenvalue weighted by Crippen LogP contribution is 2.52. The van der Waals surface area contributed by atoms with Gasteiger partial charge in [-0.1, -0.05) is 91.0 Å². The number of aromatic nitrogens is 1. The van der Waals surface area contributed by atoms with E-state index in [0.29, 0.717) is 35.5 Å². The van der Waals surface area contributed by atoms with Crippen LogP contribution < -0.4 is 10.2 Å². The van der Waals surface area contributed by atoms with Gasteiger partial charge in [-0.3, -0.25) is 9.69 Å². The Bertz CT molecular complexity index is 1900. The molecule has 11 heteroatoms. The summed E-state index contributed by atoms with van der Waals surface area (Å²) in [7, 11) is 2.00. The minimum atomic E-state index is -0.678. The molecule has 2 N–H and O–H groups in total. The van der Waals surface area contributed by atoms with E-state index in [1.54, 1.807) is 18.0 Å². The van der Waals surface area contributed by atoms with Crippen LogP contribution in [0.25, 0.3) is 10.6 Å². The predicted octanol–water partition coefficient (Wildman–Crippen LogP) is 9.15. The topological polar surface area (TPSA) is 95.0 Å². The fraction of sp³-hybridized carbons (Fsp3) is 0.341. The number of rotatable bonds is 14. The van der Waals surface area contributed by atoms with E-state index >= 15 is 0 Å². The average molecular weight is 795 g/mol. The van der Waals surface area contributed by atoms with Crippen LogP contribution in [0, 0.1) is 0 Å². The van der Waals surface area contributed by atoms with Crippen LogP contribution in [0.4, 0.5) is 10.5 Å². The highest BCUT2D eigenvalue weighted by molar-refractivity contribution is 8.01. The van der Waals surface area contributed by atoms with Gasteiger partial charge in [-0.25, -0.2) is 9.78 Å². The number of aliphatic hydroxyl groups excluding tert-OH is 1.